The van der Waals surface area contributed by atoms with E-state index >= 15 is 0 Å². The average molecular weight is 170 g/mol. The van der Waals surface area contributed by atoms with Gasteiger partial charge in [-0.25, -0.2) is 4.98 Å². The van der Waals surface area contributed by atoms with Gasteiger partial charge in [-0.2, -0.15) is 4.37 Å². The molecule has 0 saturated carbocycles. The number of aromatic nitrogens is 2. The number of carbonyl (C=O) groups excluding carboxylic acids is 1. The lowest BCUT2D eigenvalue weighted by Crippen LogP contribution is -2.21. The molecular weight excluding hydrogens is 162 g/mol. The molecule has 5 heteroatoms. The van der Waals surface area contributed by atoms with E-state index in [4.69, 9.17) is 0 Å². The number of rotatable bonds is 4. The summed E-state index contributed by atoms with van der Waals surface area (Å²) in [6, 6.07) is 0. The lowest BCUT2D eigenvalue weighted by molar-refractivity contribution is 0.550. The summed E-state index contributed by atoms with van der Waals surface area (Å²) in [6.07, 6.45) is 4.12. The number of amides is 1. The van der Waals surface area contributed by atoms with Crippen LogP contribution in [0.1, 0.15) is 13.3 Å². The van der Waals surface area contributed by atoms with Gasteiger partial charge >= 0.3 is 6.41 Å². The van der Waals surface area contributed by atoms with E-state index in [0.717, 1.165) is 6.42 Å². The quantitative estimate of drug-likeness (QED) is 0.628. The standard InChI is InChI=1S/C6H8N3OS/c1-2-3-9(5-10)6-7-4-8-11-6/h4H,2-3H2,1H3. The lowest BCUT2D eigenvalue weighted by atomic mass is 10.5. The Morgan fingerprint density at radius 2 is 2.64 bits per heavy atom. The van der Waals surface area contributed by atoms with Gasteiger partial charge in [0.15, 0.2) is 0 Å². The third-order valence-corrected chi connectivity index (χ3v) is 1.83. The van der Waals surface area contributed by atoms with E-state index in [9.17, 15) is 4.79 Å². The maximum Gasteiger partial charge on any atom is 0.318 e. The van der Waals surface area contributed by atoms with Gasteiger partial charge in [0.2, 0.25) is 5.13 Å². The van der Waals surface area contributed by atoms with Gasteiger partial charge < -0.3 is 0 Å². The number of nitrogens with zero attached hydrogens (tertiary/aromatic N) is 3. The predicted octanol–water partition coefficient (Wildman–Crippen LogP) is 0.822. The van der Waals surface area contributed by atoms with Crippen molar-refractivity contribution in [2.24, 2.45) is 0 Å². The van der Waals surface area contributed by atoms with Gasteiger partial charge in [0.1, 0.15) is 6.33 Å². The smallest absolute Gasteiger partial charge is 0.279 e. The Labute approximate surface area is 69.0 Å². The van der Waals surface area contributed by atoms with E-state index in [0.29, 0.717) is 11.7 Å². The third kappa shape index (κ3) is 1.98. The minimum atomic E-state index is 0.613. The fraction of sp³-hybridized carbons (Fsp3) is 0.500. The van der Waals surface area contributed by atoms with Crippen LogP contribution in [0.5, 0.6) is 0 Å². The maximum absolute atomic E-state index is 10.3. The summed E-state index contributed by atoms with van der Waals surface area (Å²) >= 11 is 1.20. The zero-order chi connectivity index (χ0) is 8.10. The predicted molar refractivity (Wildman–Crippen MR) is 43.2 cm³/mol. The van der Waals surface area contributed by atoms with Crippen LogP contribution in [0.25, 0.3) is 0 Å². The van der Waals surface area contributed by atoms with Crippen molar-refractivity contribution in [1.82, 2.24) is 9.36 Å². The van der Waals surface area contributed by atoms with E-state index in [2.05, 4.69) is 9.36 Å². The zero-order valence-corrected chi connectivity index (χ0v) is 6.97. The average Bonchev–Trinajstić information content (AvgIpc) is 2.52. The van der Waals surface area contributed by atoms with Crippen LogP contribution in [-0.2, 0) is 4.79 Å². The summed E-state index contributed by atoms with van der Waals surface area (Å²) in [6.45, 7) is 2.64. The first-order chi connectivity index (χ1) is 5.38. The van der Waals surface area contributed by atoms with Gasteiger partial charge in [-0.3, -0.25) is 9.69 Å². The van der Waals surface area contributed by atoms with Crippen LogP contribution in [0.4, 0.5) is 5.13 Å². The second-order valence-corrected chi connectivity index (χ2v) is 2.73. The first-order valence-electron chi connectivity index (χ1n) is 3.30. The highest BCUT2D eigenvalue weighted by Crippen LogP contribution is 2.12. The molecule has 1 radical (unpaired) electrons. The molecule has 0 saturated heterocycles. The molecule has 0 aliphatic rings. The summed E-state index contributed by atoms with van der Waals surface area (Å²) in [5, 5.41) is 0.613. The van der Waals surface area contributed by atoms with Crippen molar-refractivity contribution in [2.75, 3.05) is 11.4 Å². The van der Waals surface area contributed by atoms with Crippen molar-refractivity contribution < 1.29 is 4.79 Å². The van der Waals surface area contributed by atoms with Crippen LogP contribution in [0.3, 0.4) is 0 Å². The van der Waals surface area contributed by atoms with E-state index in [1.807, 2.05) is 6.92 Å². The molecule has 1 heterocycles. The molecule has 0 aliphatic heterocycles. The van der Waals surface area contributed by atoms with Crippen LogP contribution >= 0.6 is 11.5 Å². The first kappa shape index (κ1) is 8.13. The highest BCUT2D eigenvalue weighted by Gasteiger charge is 2.06. The molecule has 1 aromatic rings. The topological polar surface area (TPSA) is 46.1 Å². The molecule has 0 aliphatic carbocycles. The van der Waals surface area contributed by atoms with Gasteiger partial charge in [-0.15, -0.1) is 0 Å². The number of hydrogen-bond acceptors (Lipinski definition) is 4. The Balaban J connectivity index is 2.63. The molecule has 11 heavy (non-hydrogen) atoms. The first-order valence-corrected chi connectivity index (χ1v) is 4.07. The van der Waals surface area contributed by atoms with Gasteiger partial charge in [-0.1, -0.05) is 6.92 Å². The van der Waals surface area contributed by atoms with Gasteiger partial charge in [0.25, 0.3) is 0 Å². The molecule has 0 N–H and O–H groups in total. The Bertz CT molecular complexity index is 212. The number of hydrogen-bond donors (Lipinski definition) is 0. The maximum atomic E-state index is 10.3. The minimum Gasteiger partial charge on any atom is -0.279 e. The van der Waals surface area contributed by atoms with Crippen LogP contribution in [0.15, 0.2) is 6.33 Å². The highest BCUT2D eigenvalue weighted by molar-refractivity contribution is 7.09. The van der Waals surface area contributed by atoms with Crippen LogP contribution < -0.4 is 4.90 Å². The zero-order valence-electron chi connectivity index (χ0n) is 6.15. The molecule has 0 fully saturated rings. The molecule has 0 unspecified atom stereocenters. The van der Waals surface area contributed by atoms with Crippen molar-refractivity contribution in [1.29, 1.82) is 0 Å². The van der Waals surface area contributed by atoms with E-state index in [1.54, 1.807) is 6.41 Å². The molecule has 1 aromatic heterocycles. The van der Waals surface area contributed by atoms with E-state index in [1.165, 1.54) is 22.8 Å². The van der Waals surface area contributed by atoms with Crippen LogP contribution in [-0.4, -0.2) is 22.3 Å². The van der Waals surface area contributed by atoms with Crippen LogP contribution in [0.2, 0.25) is 0 Å². The third-order valence-electron chi connectivity index (χ3n) is 1.14. The monoisotopic (exact) mass is 170 g/mol. The molecule has 4 nitrogen and oxygen atoms in total. The van der Waals surface area contributed by atoms with Crippen molar-refractivity contribution in [3.63, 3.8) is 0 Å². The van der Waals surface area contributed by atoms with Crippen molar-refractivity contribution in [3.8, 4) is 0 Å². The Kier molecular flexibility index (Phi) is 2.97. The molecule has 1 rings (SSSR count). The Morgan fingerprint density at radius 3 is 3.09 bits per heavy atom. The van der Waals surface area contributed by atoms with Crippen molar-refractivity contribution in [3.05, 3.63) is 6.33 Å². The van der Waals surface area contributed by atoms with Crippen LogP contribution in [0, 0.1) is 0 Å². The molecule has 0 aromatic carbocycles. The number of anilines is 1. The van der Waals surface area contributed by atoms with Crippen molar-refractivity contribution >= 4 is 23.1 Å². The lowest BCUT2D eigenvalue weighted by Gasteiger charge is -2.08. The fourth-order valence-electron chi connectivity index (χ4n) is 0.690. The molecule has 1 amide bonds. The summed E-state index contributed by atoms with van der Waals surface area (Å²) in [5.41, 5.74) is 0. The summed E-state index contributed by atoms with van der Waals surface area (Å²) in [7, 11) is 0. The molecule has 0 bridgehead atoms. The highest BCUT2D eigenvalue weighted by atomic mass is 32.1. The molecule has 0 spiro atoms. The molecule has 59 valence electrons. The Hall–Kier alpha value is -0.970. The van der Waals surface area contributed by atoms with Gasteiger partial charge in [0.05, 0.1) is 0 Å². The summed E-state index contributed by atoms with van der Waals surface area (Å²) in [4.78, 5) is 15.6. The minimum absolute atomic E-state index is 0.613. The molecule has 0 atom stereocenters. The van der Waals surface area contributed by atoms with E-state index < -0.39 is 0 Å². The SMILES string of the molecule is CCCN([C]=O)c1ncns1. The Morgan fingerprint density at radius 1 is 1.82 bits per heavy atom. The van der Waals surface area contributed by atoms with Gasteiger partial charge in [0, 0.05) is 18.1 Å². The van der Waals surface area contributed by atoms with E-state index in [-0.39, 0.29) is 0 Å². The largest absolute Gasteiger partial charge is 0.318 e. The van der Waals surface area contributed by atoms with Crippen molar-refractivity contribution in [2.45, 2.75) is 13.3 Å². The summed E-state index contributed by atoms with van der Waals surface area (Å²) in [5.74, 6) is 0. The molecular formula is C6H8N3OS. The fourth-order valence-corrected chi connectivity index (χ4v) is 1.20. The van der Waals surface area contributed by atoms with Gasteiger partial charge in [-0.05, 0) is 6.42 Å². The normalized spacial score (nSPS) is 9.55. The second-order valence-electron chi connectivity index (χ2n) is 1.97. The second kappa shape index (κ2) is 4.02. The summed E-state index contributed by atoms with van der Waals surface area (Å²) < 4.78 is 3.78.